The SMILES string of the molecule is CC.CC.O=c1c2ccccc2[nH]c(=S)n1Cc1ccon1.[HH]. The van der Waals surface area contributed by atoms with Crippen molar-refractivity contribution in [2.75, 3.05) is 0 Å². The highest BCUT2D eigenvalue weighted by molar-refractivity contribution is 7.71. The highest BCUT2D eigenvalue weighted by Gasteiger charge is 2.06. The van der Waals surface area contributed by atoms with Gasteiger partial charge in [0.15, 0.2) is 4.77 Å². The molecule has 3 aromatic rings. The van der Waals surface area contributed by atoms with Gasteiger partial charge in [0.1, 0.15) is 12.0 Å². The Morgan fingerprint density at radius 2 is 1.91 bits per heavy atom. The van der Waals surface area contributed by atoms with Crippen molar-refractivity contribution in [3.05, 3.63) is 57.4 Å². The number of nitrogens with one attached hydrogen (secondary N) is 1. The van der Waals surface area contributed by atoms with Gasteiger partial charge in [0.2, 0.25) is 0 Å². The van der Waals surface area contributed by atoms with Crippen LogP contribution in [0.3, 0.4) is 0 Å². The molecule has 0 aliphatic carbocycles. The van der Waals surface area contributed by atoms with E-state index in [4.69, 9.17) is 16.7 Å². The van der Waals surface area contributed by atoms with E-state index in [0.717, 1.165) is 5.52 Å². The van der Waals surface area contributed by atoms with Crippen LogP contribution in [0.5, 0.6) is 0 Å². The number of H-pyrrole nitrogens is 1. The van der Waals surface area contributed by atoms with Gasteiger partial charge >= 0.3 is 0 Å². The normalized spacial score (nSPS) is 9.45. The lowest BCUT2D eigenvalue weighted by molar-refractivity contribution is 0.409. The Hall–Kier alpha value is -2.21. The van der Waals surface area contributed by atoms with Gasteiger partial charge in [-0.3, -0.25) is 9.36 Å². The fraction of sp³-hybridized carbons (Fsp3) is 0.312. The first-order valence-electron chi connectivity index (χ1n) is 7.37. The molecule has 0 aliphatic heterocycles. The van der Waals surface area contributed by atoms with E-state index in [1.807, 2.05) is 45.9 Å². The third kappa shape index (κ3) is 3.92. The second-order valence-corrected chi connectivity index (χ2v) is 4.24. The number of aromatic amines is 1. The molecular weight excluding hydrogens is 298 g/mol. The van der Waals surface area contributed by atoms with Crippen molar-refractivity contribution in [1.82, 2.24) is 14.7 Å². The van der Waals surface area contributed by atoms with Crippen LogP contribution in [0.4, 0.5) is 0 Å². The van der Waals surface area contributed by atoms with Gasteiger partial charge in [-0.05, 0) is 24.4 Å². The van der Waals surface area contributed by atoms with Gasteiger partial charge in [0.25, 0.3) is 5.56 Å². The summed E-state index contributed by atoms with van der Waals surface area (Å²) in [4.78, 5) is 15.3. The molecule has 22 heavy (non-hydrogen) atoms. The van der Waals surface area contributed by atoms with Crippen LogP contribution in [0.1, 0.15) is 34.8 Å². The second-order valence-electron chi connectivity index (χ2n) is 3.86. The number of aromatic nitrogens is 3. The maximum atomic E-state index is 12.3. The quantitative estimate of drug-likeness (QED) is 0.711. The molecule has 5 nitrogen and oxygen atoms in total. The van der Waals surface area contributed by atoms with E-state index in [1.165, 1.54) is 10.8 Å². The molecule has 0 radical (unpaired) electrons. The van der Waals surface area contributed by atoms with Crippen molar-refractivity contribution in [2.45, 2.75) is 34.2 Å². The minimum Gasteiger partial charge on any atom is -0.364 e. The van der Waals surface area contributed by atoms with Crippen LogP contribution in [0.25, 0.3) is 10.9 Å². The Balaban J connectivity index is 0.000000901. The summed E-state index contributed by atoms with van der Waals surface area (Å²) in [5.41, 5.74) is 1.27. The molecule has 6 heteroatoms. The zero-order valence-electron chi connectivity index (χ0n) is 13.3. The Morgan fingerprint density at radius 3 is 2.55 bits per heavy atom. The number of hydrogen-bond donors (Lipinski definition) is 1. The van der Waals surface area contributed by atoms with E-state index in [9.17, 15) is 4.79 Å². The summed E-state index contributed by atoms with van der Waals surface area (Å²) in [5.74, 6) is 0. The minimum absolute atomic E-state index is 0. The maximum absolute atomic E-state index is 12.3. The standard InChI is InChI=1S/C12H9N3O2S.2C2H6.H2/c16-11-9-3-1-2-4-10(9)13-12(18)15(11)7-8-5-6-17-14-8;2*1-2;/h1-6H,7H2,(H,13,18);2*1-2H3;1H. The number of rotatable bonds is 2. The van der Waals surface area contributed by atoms with Gasteiger partial charge in [-0.1, -0.05) is 45.0 Å². The van der Waals surface area contributed by atoms with Crippen molar-refractivity contribution in [3.8, 4) is 0 Å². The smallest absolute Gasteiger partial charge is 0.262 e. The molecule has 2 aromatic heterocycles. The Bertz CT molecular complexity index is 810. The molecule has 0 unspecified atom stereocenters. The fourth-order valence-electron chi connectivity index (χ4n) is 1.82. The highest BCUT2D eigenvalue weighted by atomic mass is 32.1. The van der Waals surface area contributed by atoms with E-state index < -0.39 is 0 Å². The largest absolute Gasteiger partial charge is 0.364 e. The Kier molecular flexibility index (Phi) is 7.25. The molecular formula is C16H23N3O2S. The number of fused-ring (bicyclic) bond motifs is 1. The molecule has 0 atom stereocenters. The average molecular weight is 321 g/mol. The zero-order chi connectivity index (χ0) is 16.5. The van der Waals surface area contributed by atoms with Crippen molar-refractivity contribution in [1.29, 1.82) is 0 Å². The monoisotopic (exact) mass is 321 g/mol. The van der Waals surface area contributed by atoms with E-state index in [0.29, 0.717) is 22.4 Å². The topological polar surface area (TPSA) is 63.8 Å². The molecule has 0 amide bonds. The lowest BCUT2D eigenvalue weighted by Crippen LogP contribution is -2.22. The molecule has 1 N–H and O–H groups in total. The number of nitrogens with zero attached hydrogens (tertiary/aromatic N) is 2. The molecule has 0 spiro atoms. The molecule has 0 aliphatic rings. The first-order valence-corrected chi connectivity index (χ1v) is 7.77. The Morgan fingerprint density at radius 1 is 1.23 bits per heavy atom. The van der Waals surface area contributed by atoms with Gasteiger partial charge in [-0.25, -0.2) is 0 Å². The van der Waals surface area contributed by atoms with E-state index in [-0.39, 0.29) is 6.99 Å². The van der Waals surface area contributed by atoms with Crippen LogP contribution < -0.4 is 5.56 Å². The van der Waals surface area contributed by atoms with Crippen LogP contribution in [-0.2, 0) is 6.54 Å². The molecule has 0 fully saturated rings. The summed E-state index contributed by atoms with van der Waals surface area (Å²) in [6.07, 6.45) is 1.47. The summed E-state index contributed by atoms with van der Waals surface area (Å²) in [5, 5.41) is 4.39. The van der Waals surface area contributed by atoms with E-state index >= 15 is 0 Å². The predicted molar refractivity (Wildman–Crippen MR) is 93.8 cm³/mol. The van der Waals surface area contributed by atoms with Crippen LogP contribution >= 0.6 is 12.2 Å². The summed E-state index contributed by atoms with van der Waals surface area (Å²) < 4.78 is 6.59. The van der Waals surface area contributed by atoms with Crippen molar-refractivity contribution in [3.63, 3.8) is 0 Å². The lowest BCUT2D eigenvalue weighted by atomic mass is 10.2. The maximum Gasteiger partial charge on any atom is 0.262 e. The number of hydrogen-bond acceptors (Lipinski definition) is 4. The van der Waals surface area contributed by atoms with Crippen molar-refractivity contribution < 1.29 is 5.95 Å². The second kappa shape index (κ2) is 8.94. The van der Waals surface area contributed by atoms with Gasteiger partial charge in [-0.2, -0.15) is 0 Å². The fourth-order valence-corrected chi connectivity index (χ4v) is 2.08. The summed E-state index contributed by atoms with van der Waals surface area (Å²) in [6, 6.07) is 8.97. The van der Waals surface area contributed by atoms with Crippen LogP contribution in [0.15, 0.2) is 45.9 Å². The summed E-state index contributed by atoms with van der Waals surface area (Å²) in [7, 11) is 0. The van der Waals surface area contributed by atoms with E-state index in [1.54, 1.807) is 12.1 Å². The lowest BCUT2D eigenvalue weighted by Gasteiger charge is -2.05. The molecule has 0 saturated heterocycles. The van der Waals surface area contributed by atoms with Crippen molar-refractivity contribution in [2.24, 2.45) is 0 Å². The third-order valence-corrected chi connectivity index (χ3v) is 3.02. The summed E-state index contributed by atoms with van der Waals surface area (Å²) >= 11 is 5.19. The van der Waals surface area contributed by atoms with Crippen LogP contribution in [-0.4, -0.2) is 14.7 Å². The summed E-state index contributed by atoms with van der Waals surface area (Å²) in [6.45, 7) is 8.30. The van der Waals surface area contributed by atoms with Gasteiger partial charge in [-0.15, -0.1) is 0 Å². The van der Waals surface area contributed by atoms with Gasteiger partial charge in [0, 0.05) is 7.49 Å². The number of benzene rings is 1. The minimum atomic E-state index is -0.127. The van der Waals surface area contributed by atoms with Crippen molar-refractivity contribution >= 4 is 23.1 Å². The first-order chi connectivity index (χ1) is 10.8. The Labute approximate surface area is 136 Å². The third-order valence-electron chi connectivity index (χ3n) is 2.70. The molecule has 0 saturated carbocycles. The molecule has 0 bridgehead atoms. The molecule has 2 heterocycles. The van der Waals surface area contributed by atoms with Gasteiger partial charge < -0.3 is 9.51 Å². The van der Waals surface area contributed by atoms with Gasteiger partial charge in [0.05, 0.1) is 17.4 Å². The van der Waals surface area contributed by atoms with Crippen LogP contribution in [0.2, 0.25) is 0 Å². The predicted octanol–water partition coefficient (Wildman–Crippen LogP) is 4.39. The molecule has 1 aromatic carbocycles. The first kappa shape index (κ1) is 17.8. The van der Waals surface area contributed by atoms with E-state index in [2.05, 4.69) is 10.1 Å². The highest BCUT2D eigenvalue weighted by Crippen LogP contribution is 2.07. The molecule has 3 rings (SSSR count). The number of para-hydroxylation sites is 1. The average Bonchev–Trinajstić information content (AvgIpc) is 3.08. The van der Waals surface area contributed by atoms with Crippen LogP contribution in [0, 0.1) is 4.77 Å². The molecule has 120 valence electrons. The zero-order valence-corrected chi connectivity index (χ0v) is 14.1.